The number of aryl methyl sites for hydroxylation is 2. The third-order valence-corrected chi connectivity index (χ3v) is 6.53. The van der Waals surface area contributed by atoms with Crippen LogP contribution in [0.3, 0.4) is 0 Å². The summed E-state index contributed by atoms with van der Waals surface area (Å²) in [5.74, 6) is 0. The molecule has 4 heteroatoms. The van der Waals surface area contributed by atoms with Gasteiger partial charge >= 0.3 is 30.2 Å². The van der Waals surface area contributed by atoms with Crippen LogP contribution in [0.25, 0.3) is 32.7 Å². The molecule has 5 rings (SSSR count). The first kappa shape index (κ1) is 39.7. The van der Waals surface area contributed by atoms with Crippen LogP contribution in [0.5, 0.6) is 0 Å². The van der Waals surface area contributed by atoms with Crippen molar-refractivity contribution in [3.63, 3.8) is 0 Å². The first-order chi connectivity index (χ1) is 16.9. The Balaban J connectivity index is 0. The molecule has 2 radical (unpaired) electrons. The van der Waals surface area contributed by atoms with Crippen LogP contribution in [-0.4, -0.2) is 6.88 Å². The summed E-state index contributed by atoms with van der Waals surface area (Å²) >= 11 is 1.36. The number of unbranched alkanes of at least 4 members (excludes halogenated alkanes) is 1. The van der Waals surface area contributed by atoms with E-state index in [9.17, 15) is 0 Å². The molecular weight excluding hydrogens is 611 g/mol. The van der Waals surface area contributed by atoms with Crippen LogP contribution in [0.1, 0.15) is 57.2 Å². The van der Waals surface area contributed by atoms with E-state index in [1.165, 1.54) is 92.0 Å². The molecule has 0 saturated carbocycles. The average molecular weight is 655 g/mol. The van der Waals surface area contributed by atoms with Crippen molar-refractivity contribution in [1.82, 2.24) is 0 Å². The monoisotopic (exact) mass is 652 g/mol. The van der Waals surface area contributed by atoms with E-state index < -0.39 is 0 Å². The maximum absolute atomic E-state index is 3.06. The Morgan fingerprint density at radius 3 is 2.03 bits per heavy atom. The molecule has 0 aliphatic heterocycles. The van der Waals surface area contributed by atoms with Gasteiger partial charge < -0.3 is 14.9 Å². The zero-order valence-corrected chi connectivity index (χ0v) is 29.7. The normalized spacial score (nSPS) is 9.85. The fourth-order valence-electron chi connectivity index (χ4n) is 4.59. The molecule has 0 saturated heterocycles. The summed E-state index contributed by atoms with van der Waals surface area (Å²) in [6.45, 7) is 14.2. The first-order valence-corrected chi connectivity index (χ1v) is 16.7. The van der Waals surface area contributed by atoms with Crippen molar-refractivity contribution in [2.75, 3.05) is 0 Å². The predicted octanol–water partition coefficient (Wildman–Crippen LogP) is 11.1. The number of hydrogen-bond donors (Lipinski definition) is 0. The molecule has 210 valence electrons. The SMILES string of the molecule is CCCCc1c[cH-]c2ccccc12.Cc1cc2c(-c3ccc(C(C)(C)C)cc3)cccc2[cH-]1.Cl.Cl.[CH3-].[CH3-].[Si]=[Zr]. The number of hydrogen-bond acceptors (Lipinski definition) is 0. The van der Waals surface area contributed by atoms with Gasteiger partial charge in [-0.15, -0.1) is 100 Å². The molecule has 0 heterocycles. The molecule has 0 atom stereocenters. The third-order valence-electron chi connectivity index (χ3n) is 6.53. The molecule has 0 aliphatic carbocycles. The summed E-state index contributed by atoms with van der Waals surface area (Å²) < 4.78 is 0. The van der Waals surface area contributed by atoms with Gasteiger partial charge in [-0.3, -0.25) is 0 Å². The minimum atomic E-state index is 0. The van der Waals surface area contributed by atoms with Crippen molar-refractivity contribution >= 4 is 53.2 Å². The summed E-state index contributed by atoms with van der Waals surface area (Å²) in [5.41, 5.74) is 7.06. The van der Waals surface area contributed by atoms with E-state index >= 15 is 0 Å². The molecule has 5 aromatic carbocycles. The molecule has 0 spiro atoms. The number of benzene rings is 3. The van der Waals surface area contributed by atoms with Crippen molar-refractivity contribution < 1.29 is 23.3 Å². The first-order valence-electron chi connectivity index (χ1n) is 12.5. The molecule has 39 heavy (non-hydrogen) atoms. The van der Waals surface area contributed by atoms with Gasteiger partial charge in [-0.25, -0.2) is 0 Å². The Morgan fingerprint density at radius 2 is 1.41 bits per heavy atom. The van der Waals surface area contributed by atoms with Crippen molar-refractivity contribution in [2.24, 2.45) is 0 Å². The van der Waals surface area contributed by atoms with Crippen LogP contribution < -0.4 is 0 Å². The standard InChI is InChI=1S/C20H21.C13H15.2CH3.2ClH.Si.Zr/c1-14-12-16-6-5-7-18(19(16)13-14)15-8-10-17(11-9-15)20(2,3)4;1-2-3-6-11-9-10-12-7-4-5-8-13(11)12;;;;;;/h5-13H,1-4H3;4-5,7-10H,2-3,6H2,1H3;2*1H3;2*1H;;/q4*-1;;;;. The van der Waals surface area contributed by atoms with Gasteiger partial charge in [0.05, 0.1) is 0 Å². The van der Waals surface area contributed by atoms with Gasteiger partial charge in [0.2, 0.25) is 0 Å². The van der Waals surface area contributed by atoms with Gasteiger partial charge in [0, 0.05) is 0 Å². The average Bonchev–Trinajstić information content (AvgIpc) is 3.46. The topological polar surface area (TPSA) is 0 Å². The van der Waals surface area contributed by atoms with Crippen molar-refractivity contribution in [2.45, 2.75) is 59.3 Å². The van der Waals surface area contributed by atoms with E-state index in [1.807, 2.05) is 0 Å². The van der Waals surface area contributed by atoms with Gasteiger partial charge in [0.15, 0.2) is 0 Å². The molecule has 0 fully saturated rings. The van der Waals surface area contributed by atoms with Gasteiger partial charge in [-0.05, 0) is 16.5 Å². The van der Waals surface area contributed by atoms with E-state index in [0.29, 0.717) is 0 Å². The van der Waals surface area contributed by atoms with E-state index in [0.717, 1.165) is 0 Å². The summed E-state index contributed by atoms with van der Waals surface area (Å²) in [6, 6.07) is 33.2. The predicted molar refractivity (Wildman–Crippen MR) is 180 cm³/mol. The van der Waals surface area contributed by atoms with Crippen LogP contribution in [0, 0.1) is 21.8 Å². The Kier molecular flexibility index (Phi) is 19.2. The van der Waals surface area contributed by atoms with E-state index in [1.54, 1.807) is 0 Å². The Labute approximate surface area is 267 Å². The van der Waals surface area contributed by atoms with Crippen LogP contribution in [0.15, 0.2) is 91.0 Å². The van der Waals surface area contributed by atoms with E-state index in [-0.39, 0.29) is 45.1 Å². The number of halogens is 2. The van der Waals surface area contributed by atoms with Crippen molar-refractivity contribution in [3.05, 3.63) is 123 Å². The fraction of sp³-hybridized carbons (Fsp3) is 0.257. The van der Waals surface area contributed by atoms with Gasteiger partial charge in [-0.1, -0.05) is 95.8 Å². The van der Waals surface area contributed by atoms with Gasteiger partial charge in [0.25, 0.3) is 0 Å². The Bertz CT molecular complexity index is 1360. The van der Waals surface area contributed by atoms with Crippen molar-refractivity contribution in [1.29, 1.82) is 0 Å². The van der Waals surface area contributed by atoms with Gasteiger partial charge in [-0.2, -0.15) is 11.6 Å². The third kappa shape index (κ3) is 10.5. The Morgan fingerprint density at radius 1 is 0.795 bits per heavy atom. The number of fused-ring (bicyclic) bond motifs is 2. The molecule has 0 N–H and O–H groups in total. The maximum atomic E-state index is 3.06. The molecule has 0 bridgehead atoms. The second-order valence-corrected chi connectivity index (χ2v) is 10.2. The van der Waals surface area contributed by atoms with E-state index in [4.69, 9.17) is 0 Å². The van der Waals surface area contributed by atoms with Crippen LogP contribution in [0.4, 0.5) is 0 Å². The second kappa shape index (κ2) is 18.8. The summed E-state index contributed by atoms with van der Waals surface area (Å²) in [5, 5.41) is 5.51. The number of rotatable bonds is 4. The van der Waals surface area contributed by atoms with Crippen LogP contribution in [0.2, 0.25) is 0 Å². The second-order valence-electron chi connectivity index (χ2n) is 10.2. The van der Waals surface area contributed by atoms with Crippen LogP contribution in [-0.2, 0) is 35.2 Å². The summed E-state index contributed by atoms with van der Waals surface area (Å²) in [6.07, 6.45) is 3.80. The molecular formula is C35H44Cl2SiZr-4. The quantitative estimate of drug-likeness (QED) is 0.134. The van der Waals surface area contributed by atoms with Gasteiger partial charge in [0.1, 0.15) is 0 Å². The molecule has 0 amide bonds. The van der Waals surface area contributed by atoms with E-state index in [2.05, 4.69) is 132 Å². The summed E-state index contributed by atoms with van der Waals surface area (Å²) in [7, 11) is 0. The minimum absolute atomic E-state index is 0. The molecule has 0 aromatic heterocycles. The van der Waals surface area contributed by atoms with Crippen molar-refractivity contribution in [3.8, 4) is 11.1 Å². The fourth-order valence-corrected chi connectivity index (χ4v) is 4.59. The molecule has 0 unspecified atom stereocenters. The zero-order chi connectivity index (χ0) is 25.4. The molecule has 0 aliphatic rings. The summed E-state index contributed by atoms with van der Waals surface area (Å²) in [4.78, 5) is 0. The molecule has 0 nitrogen and oxygen atoms in total. The van der Waals surface area contributed by atoms with Crippen LogP contribution >= 0.6 is 24.8 Å². The Hall–Kier alpha value is -1.44. The zero-order valence-electron chi connectivity index (χ0n) is 24.6. The molecule has 5 aromatic rings.